The number of aromatic nitrogens is 4. The minimum Gasteiger partial charge on any atom is -0.477 e. The van der Waals surface area contributed by atoms with E-state index in [9.17, 15) is 19.1 Å². The summed E-state index contributed by atoms with van der Waals surface area (Å²) in [7, 11) is 0. The van der Waals surface area contributed by atoms with Crippen LogP contribution in [0.15, 0.2) is 30.7 Å². The van der Waals surface area contributed by atoms with Crippen molar-refractivity contribution >= 4 is 29.3 Å². The van der Waals surface area contributed by atoms with Crippen LogP contribution in [-0.2, 0) is 4.74 Å². The largest absolute Gasteiger partial charge is 0.477 e. The van der Waals surface area contributed by atoms with Gasteiger partial charge >= 0.3 is 12.1 Å². The Morgan fingerprint density at radius 2 is 2.08 bits per heavy atom. The maximum absolute atomic E-state index is 14.2. The van der Waals surface area contributed by atoms with Crippen LogP contribution in [0.1, 0.15) is 62.0 Å². The third-order valence-corrected chi connectivity index (χ3v) is 5.69. The zero-order chi connectivity index (χ0) is 25.9. The maximum Gasteiger partial charge on any atom is 0.407 e. The zero-order valence-corrected chi connectivity index (χ0v) is 20.5. The summed E-state index contributed by atoms with van der Waals surface area (Å²) in [4.78, 5) is 34.2. The van der Waals surface area contributed by atoms with Gasteiger partial charge in [0.15, 0.2) is 5.65 Å². The van der Waals surface area contributed by atoms with Crippen molar-refractivity contribution in [1.29, 1.82) is 0 Å². The number of carbonyl (C=O) groups is 2. The summed E-state index contributed by atoms with van der Waals surface area (Å²) in [5.74, 6) is -0.400. The fourth-order valence-electron chi connectivity index (χ4n) is 4.19. The number of hydrogen-bond donors (Lipinski definition) is 3. The number of alkyl carbamates (subject to hydrolysis) is 1. The molecule has 11 nitrogen and oxygen atoms in total. The number of pyridine rings is 1. The number of rotatable bonds is 8. The molecule has 4 rings (SSSR count). The number of carboxylic acids is 1. The van der Waals surface area contributed by atoms with E-state index < -0.39 is 23.5 Å². The Bertz CT molecular complexity index is 1260. The predicted octanol–water partition coefficient (Wildman–Crippen LogP) is 3.63. The number of ether oxygens (including phenoxy) is 1. The van der Waals surface area contributed by atoms with Crippen molar-refractivity contribution in [1.82, 2.24) is 24.9 Å². The first-order valence-electron chi connectivity index (χ1n) is 11.8. The van der Waals surface area contributed by atoms with E-state index in [-0.39, 0.29) is 17.3 Å². The molecule has 1 unspecified atom stereocenters. The quantitative estimate of drug-likeness (QED) is 0.397. The first-order chi connectivity index (χ1) is 17.1. The Kier molecular flexibility index (Phi) is 7.22. The fraction of sp³-hybridized carbons (Fsp3) is 0.458. The van der Waals surface area contributed by atoms with Crippen LogP contribution in [0.2, 0.25) is 0 Å². The first kappa shape index (κ1) is 25.1. The van der Waals surface area contributed by atoms with Crippen molar-refractivity contribution in [3.63, 3.8) is 0 Å². The maximum atomic E-state index is 14.2. The second kappa shape index (κ2) is 10.3. The zero-order valence-electron chi connectivity index (χ0n) is 20.5. The summed E-state index contributed by atoms with van der Waals surface area (Å²) >= 11 is 0. The average molecular weight is 500 g/mol. The Labute approximate surface area is 207 Å². The number of carbonyl (C=O) groups excluding carboxylic acids is 1. The standard InChI is InChI=1S/C24H30FN7O4/c1-24(2,3)36-23(35)27-9-5-8-26-20-16(12-15(25)13-28-20)18-6-4-10-31(18)19-7-11-32-21(30-19)17(14-29-32)22(33)34/h7,11-14,18H,4-6,8-10H2,1-3H3,(H,26,28)(H,27,35)(H,33,34). The van der Waals surface area contributed by atoms with Gasteiger partial charge in [0.25, 0.3) is 0 Å². The second-order valence-corrected chi connectivity index (χ2v) is 9.57. The van der Waals surface area contributed by atoms with Crippen LogP contribution in [0.5, 0.6) is 0 Å². The number of anilines is 2. The Morgan fingerprint density at radius 3 is 2.83 bits per heavy atom. The van der Waals surface area contributed by atoms with Gasteiger partial charge in [-0.2, -0.15) is 5.10 Å². The number of nitrogens with zero attached hydrogens (tertiary/aromatic N) is 5. The molecule has 1 aliphatic heterocycles. The van der Waals surface area contributed by atoms with Gasteiger partial charge in [-0.3, -0.25) is 0 Å². The minimum atomic E-state index is -1.10. The highest BCUT2D eigenvalue weighted by Gasteiger charge is 2.30. The van der Waals surface area contributed by atoms with Gasteiger partial charge in [-0.05, 0) is 52.2 Å². The lowest BCUT2D eigenvalue weighted by molar-refractivity contribution is 0.0527. The molecule has 192 valence electrons. The molecule has 1 aliphatic rings. The highest BCUT2D eigenvalue weighted by atomic mass is 19.1. The lowest BCUT2D eigenvalue weighted by atomic mass is 10.0. The molecule has 0 spiro atoms. The molecule has 4 heterocycles. The third-order valence-electron chi connectivity index (χ3n) is 5.69. The molecule has 1 saturated heterocycles. The molecular weight excluding hydrogens is 469 g/mol. The predicted molar refractivity (Wildman–Crippen MR) is 131 cm³/mol. The molecular formula is C24H30FN7O4. The van der Waals surface area contributed by atoms with Crippen LogP contribution < -0.4 is 15.5 Å². The van der Waals surface area contributed by atoms with Gasteiger partial charge < -0.3 is 25.4 Å². The van der Waals surface area contributed by atoms with Crippen molar-refractivity contribution in [2.75, 3.05) is 29.9 Å². The molecule has 36 heavy (non-hydrogen) atoms. The number of aromatic carboxylic acids is 1. The summed E-state index contributed by atoms with van der Waals surface area (Å²) in [5.41, 5.74) is 0.400. The molecule has 0 radical (unpaired) electrons. The molecule has 12 heteroatoms. The summed E-state index contributed by atoms with van der Waals surface area (Å²) in [5, 5.41) is 19.4. The van der Waals surface area contributed by atoms with E-state index in [0.29, 0.717) is 43.3 Å². The Hall–Kier alpha value is -3.96. The summed E-state index contributed by atoms with van der Waals surface area (Å²) < 4.78 is 20.9. The SMILES string of the molecule is CC(C)(C)OC(=O)NCCCNc1ncc(F)cc1C1CCCN1c1ccn2ncc(C(=O)O)c2n1. The number of halogens is 1. The van der Waals surface area contributed by atoms with Crippen molar-refractivity contribution < 1.29 is 23.8 Å². The van der Waals surface area contributed by atoms with Crippen molar-refractivity contribution in [3.8, 4) is 0 Å². The third kappa shape index (κ3) is 5.81. The fourth-order valence-corrected chi connectivity index (χ4v) is 4.19. The molecule has 3 aromatic rings. The Balaban J connectivity index is 1.47. The van der Waals surface area contributed by atoms with Gasteiger partial charge in [-0.1, -0.05) is 0 Å². The number of nitrogens with one attached hydrogen (secondary N) is 2. The first-order valence-corrected chi connectivity index (χ1v) is 11.8. The van der Waals surface area contributed by atoms with Gasteiger partial charge in [0.05, 0.1) is 18.4 Å². The van der Waals surface area contributed by atoms with Gasteiger partial charge in [-0.25, -0.2) is 28.5 Å². The molecule has 0 saturated carbocycles. The van der Waals surface area contributed by atoms with Crippen molar-refractivity contribution in [3.05, 3.63) is 47.7 Å². The molecule has 1 amide bonds. The topological polar surface area (TPSA) is 134 Å². The van der Waals surface area contributed by atoms with Crippen LogP contribution in [0, 0.1) is 5.82 Å². The van der Waals surface area contributed by atoms with Crippen LogP contribution >= 0.6 is 0 Å². The van der Waals surface area contributed by atoms with Crippen LogP contribution in [0.25, 0.3) is 5.65 Å². The highest BCUT2D eigenvalue weighted by molar-refractivity contribution is 5.94. The summed E-state index contributed by atoms with van der Waals surface area (Å²) in [6.45, 7) is 7.01. The van der Waals surface area contributed by atoms with Crippen LogP contribution in [-0.4, -0.2) is 62.0 Å². The van der Waals surface area contributed by atoms with Gasteiger partial charge in [0.1, 0.15) is 28.6 Å². The number of hydrogen-bond acceptors (Lipinski definition) is 8. The van der Waals surface area contributed by atoms with E-state index >= 15 is 0 Å². The molecule has 3 N–H and O–H groups in total. The summed E-state index contributed by atoms with van der Waals surface area (Å²) in [6.07, 6.45) is 5.87. The number of fused-ring (bicyclic) bond motifs is 1. The molecule has 0 aromatic carbocycles. The van der Waals surface area contributed by atoms with E-state index in [2.05, 4.69) is 25.7 Å². The normalized spacial score (nSPS) is 15.8. The molecule has 0 bridgehead atoms. The lowest BCUT2D eigenvalue weighted by Crippen LogP contribution is -2.33. The smallest absolute Gasteiger partial charge is 0.407 e. The minimum absolute atomic E-state index is 0.0161. The molecule has 1 fully saturated rings. The van der Waals surface area contributed by atoms with E-state index in [4.69, 9.17) is 4.74 Å². The van der Waals surface area contributed by atoms with Gasteiger partial charge in [-0.15, -0.1) is 0 Å². The van der Waals surface area contributed by atoms with Crippen LogP contribution in [0.3, 0.4) is 0 Å². The number of amides is 1. The number of carboxylic acid groups (broad SMARTS) is 1. The van der Waals surface area contributed by atoms with Gasteiger partial charge in [0, 0.05) is 31.4 Å². The summed E-state index contributed by atoms with van der Waals surface area (Å²) in [6, 6.07) is 3.05. The van der Waals surface area contributed by atoms with E-state index in [1.54, 1.807) is 33.0 Å². The van der Waals surface area contributed by atoms with E-state index in [1.165, 1.54) is 23.0 Å². The molecule has 1 atom stereocenters. The monoisotopic (exact) mass is 499 g/mol. The van der Waals surface area contributed by atoms with E-state index in [1.807, 2.05) is 4.90 Å². The molecule has 3 aromatic heterocycles. The molecule has 0 aliphatic carbocycles. The van der Waals surface area contributed by atoms with Crippen molar-refractivity contribution in [2.24, 2.45) is 0 Å². The van der Waals surface area contributed by atoms with Crippen molar-refractivity contribution in [2.45, 2.75) is 51.7 Å². The van der Waals surface area contributed by atoms with E-state index in [0.717, 1.165) is 12.8 Å². The lowest BCUT2D eigenvalue weighted by Gasteiger charge is -2.27. The van der Waals surface area contributed by atoms with Crippen LogP contribution in [0.4, 0.5) is 20.8 Å². The average Bonchev–Trinajstić information content (AvgIpc) is 3.45. The highest BCUT2D eigenvalue weighted by Crippen LogP contribution is 2.38. The Morgan fingerprint density at radius 1 is 1.28 bits per heavy atom. The second-order valence-electron chi connectivity index (χ2n) is 9.57. The van der Waals surface area contributed by atoms with Gasteiger partial charge in [0.2, 0.25) is 0 Å².